The number of furan rings is 1. The number of hydrogen-bond acceptors (Lipinski definition) is 3. The van der Waals surface area contributed by atoms with Gasteiger partial charge in [0.2, 0.25) is 0 Å². The summed E-state index contributed by atoms with van der Waals surface area (Å²) >= 11 is 0. The highest BCUT2D eigenvalue weighted by atomic mass is 16.5. The van der Waals surface area contributed by atoms with Crippen molar-refractivity contribution < 1.29 is 13.9 Å². The molecule has 120 valence electrons. The summed E-state index contributed by atoms with van der Waals surface area (Å²) in [6.07, 6.45) is 14.3. The van der Waals surface area contributed by atoms with Gasteiger partial charge in [0.25, 0.3) is 0 Å². The summed E-state index contributed by atoms with van der Waals surface area (Å²) in [5, 5.41) is 0. The SMILES string of the molecule is CCCCCCCCCCCCOC(=O)c1coc(C)c1. The standard InChI is InChI=1S/C18H30O3/c1-3-4-5-6-7-8-9-10-11-12-13-20-18(19)17-14-16(2)21-15-17/h14-15H,3-13H2,1-2H3. The Morgan fingerprint density at radius 2 is 1.57 bits per heavy atom. The molecule has 1 rings (SSSR count). The second-order valence-corrected chi connectivity index (χ2v) is 5.76. The monoisotopic (exact) mass is 294 g/mol. The molecule has 0 spiro atoms. The lowest BCUT2D eigenvalue weighted by atomic mass is 10.1. The van der Waals surface area contributed by atoms with Crippen molar-refractivity contribution in [2.75, 3.05) is 6.61 Å². The fraction of sp³-hybridized carbons (Fsp3) is 0.722. The minimum absolute atomic E-state index is 0.275. The highest BCUT2D eigenvalue weighted by Crippen LogP contribution is 2.11. The Labute approximate surface area is 129 Å². The third-order valence-corrected chi connectivity index (χ3v) is 3.70. The van der Waals surface area contributed by atoms with Gasteiger partial charge in [0.15, 0.2) is 0 Å². The largest absolute Gasteiger partial charge is 0.469 e. The predicted octanol–water partition coefficient (Wildman–Crippen LogP) is 5.67. The van der Waals surface area contributed by atoms with Crippen molar-refractivity contribution in [1.82, 2.24) is 0 Å². The van der Waals surface area contributed by atoms with Crippen molar-refractivity contribution >= 4 is 5.97 Å². The topological polar surface area (TPSA) is 39.4 Å². The maximum Gasteiger partial charge on any atom is 0.341 e. The molecule has 3 heteroatoms. The first-order chi connectivity index (χ1) is 10.2. The average molecular weight is 294 g/mol. The van der Waals surface area contributed by atoms with Crippen LogP contribution in [0.3, 0.4) is 0 Å². The van der Waals surface area contributed by atoms with Crippen LogP contribution >= 0.6 is 0 Å². The Balaban J connectivity index is 1.87. The summed E-state index contributed by atoms with van der Waals surface area (Å²) in [6.45, 7) is 4.58. The Bertz CT molecular complexity index is 382. The van der Waals surface area contributed by atoms with Crippen LogP contribution in [0, 0.1) is 6.92 Å². The summed E-state index contributed by atoms with van der Waals surface area (Å²) < 4.78 is 10.3. The third-order valence-electron chi connectivity index (χ3n) is 3.70. The zero-order valence-corrected chi connectivity index (χ0v) is 13.7. The zero-order valence-electron chi connectivity index (χ0n) is 13.7. The Hall–Kier alpha value is -1.25. The van der Waals surface area contributed by atoms with E-state index in [1.807, 2.05) is 6.92 Å². The first-order valence-electron chi connectivity index (χ1n) is 8.46. The molecular weight excluding hydrogens is 264 g/mol. The van der Waals surface area contributed by atoms with Crippen LogP contribution in [-0.4, -0.2) is 12.6 Å². The van der Waals surface area contributed by atoms with Crippen LogP contribution in [0.25, 0.3) is 0 Å². The van der Waals surface area contributed by atoms with Gasteiger partial charge >= 0.3 is 5.97 Å². The summed E-state index contributed by atoms with van der Waals surface area (Å²) in [5.74, 6) is 0.462. The van der Waals surface area contributed by atoms with Gasteiger partial charge in [-0.2, -0.15) is 0 Å². The van der Waals surface area contributed by atoms with E-state index in [1.165, 1.54) is 57.6 Å². The lowest BCUT2D eigenvalue weighted by Gasteiger charge is -2.04. The number of aryl methyl sites for hydroxylation is 1. The molecule has 1 aromatic rings. The smallest absolute Gasteiger partial charge is 0.341 e. The number of unbranched alkanes of at least 4 members (excludes halogenated alkanes) is 9. The normalized spacial score (nSPS) is 10.8. The van der Waals surface area contributed by atoms with Crippen LogP contribution in [-0.2, 0) is 4.74 Å². The van der Waals surface area contributed by atoms with Crippen LogP contribution in [0.5, 0.6) is 0 Å². The van der Waals surface area contributed by atoms with Gasteiger partial charge in [0.1, 0.15) is 12.0 Å². The van der Waals surface area contributed by atoms with Crippen LogP contribution in [0.2, 0.25) is 0 Å². The van der Waals surface area contributed by atoms with Gasteiger partial charge in [-0.3, -0.25) is 0 Å². The second-order valence-electron chi connectivity index (χ2n) is 5.76. The maximum atomic E-state index is 11.6. The van der Waals surface area contributed by atoms with E-state index in [1.54, 1.807) is 6.07 Å². The van der Waals surface area contributed by atoms with Gasteiger partial charge in [-0.05, 0) is 19.4 Å². The number of rotatable bonds is 12. The molecule has 21 heavy (non-hydrogen) atoms. The molecule has 0 bridgehead atoms. The Morgan fingerprint density at radius 1 is 1.00 bits per heavy atom. The number of carbonyl (C=O) groups is 1. The van der Waals surface area contributed by atoms with Crippen LogP contribution in [0.4, 0.5) is 0 Å². The fourth-order valence-electron chi connectivity index (χ4n) is 2.39. The minimum atomic E-state index is -0.275. The van der Waals surface area contributed by atoms with Crippen LogP contribution in [0.15, 0.2) is 16.7 Å². The predicted molar refractivity (Wildman–Crippen MR) is 85.6 cm³/mol. The van der Waals surface area contributed by atoms with Crippen molar-refractivity contribution in [3.8, 4) is 0 Å². The van der Waals surface area contributed by atoms with E-state index in [-0.39, 0.29) is 5.97 Å². The first kappa shape index (κ1) is 17.8. The summed E-state index contributed by atoms with van der Waals surface area (Å²) in [5.41, 5.74) is 0.513. The molecule has 1 aromatic heterocycles. The highest BCUT2D eigenvalue weighted by molar-refractivity contribution is 5.89. The van der Waals surface area contributed by atoms with E-state index in [4.69, 9.17) is 9.15 Å². The molecule has 1 heterocycles. The molecule has 0 atom stereocenters. The average Bonchev–Trinajstić information content (AvgIpc) is 2.91. The van der Waals surface area contributed by atoms with Crippen molar-refractivity contribution in [3.05, 3.63) is 23.7 Å². The van der Waals surface area contributed by atoms with E-state index in [0.29, 0.717) is 12.2 Å². The van der Waals surface area contributed by atoms with Crippen molar-refractivity contribution in [2.24, 2.45) is 0 Å². The van der Waals surface area contributed by atoms with Crippen molar-refractivity contribution in [2.45, 2.75) is 78.1 Å². The number of carbonyl (C=O) groups excluding carboxylic acids is 1. The minimum Gasteiger partial charge on any atom is -0.469 e. The van der Waals surface area contributed by atoms with Crippen LogP contribution in [0.1, 0.15) is 87.3 Å². The summed E-state index contributed by atoms with van der Waals surface area (Å²) in [7, 11) is 0. The van der Waals surface area contributed by atoms with Crippen LogP contribution < -0.4 is 0 Å². The van der Waals surface area contributed by atoms with E-state index in [0.717, 1.165) is 18.6 Å². The van der Waals surface area contributed by atoms with Crippen molar-refractivity contribution in [3.63, 3.8) is 0 Å². The molecule has 3 nitrogen and oxygen atoms in total. The van der Waals surface area contributed by atoms with Gasteiger partial charge in [-0.15, -0.1) is 0 Å². The Kier molecular flexibility index (Phi) is 9.68. The number of ether oxygens (including phenoxy) is 1. The van der Waals surface area contributed by atoms with E-state index in [9.17, 15) is 4.79 Å². The molecule has 0 N–H and O–H groups in total. The molecule has 0 saturated heterocycles. The molecule has 0 aliphatic rings. The molecule has 0 radical (unpaired) electrons. The molecule has 0 aliphatic carbocycles. The lowest BCUT2D eigenvalue weighted by molar-refractivity contribution is 0.0497. The lowest BCUT2D eigenvalue weighted by Crippen LogP contribution is -2.05. The van der Waals surface area contributed by atoms with Gasteiger partial charge in [-0.1, -0.05) is 64.7 Å². The molecule has 0 aromatic carbocycles. The van der Waals surface area contributed by atoms with Gasteiger partial charge in [0, 0.05) is 0 Å². The maximum absolute atomic E-state index is 11.6. The zero-order chi connectivity index (χ0) is 15.3. The van der Waals surface area contributed by atoms with E-state index < -0.39 is 0 Å². The van der Waals surface area contributed by atoms with Gasteiger partial charge in [-0.25, -0.2) is 4.79 Å². The van der Waals surface area contributed by atoms with Gasteiger partial charge < -0.3 is 9.15 Å². The van der Waals surface area contributed by atoms with E-state index >= 15 is 0 Å². The molecular formula is C18H30O3. The Morgan fingerprint density at radius 3 is 2.10 bits per heavy atom. The molecule has 0 fully saturated rings. The van der Waals surface area contributed by atoms with E-state index in [2.05, 4.69) is 6.92 Å². The molecule has 0 unspecified atom stereocenters. The van der Waals surface area contributed by atoms with Gasteiger partial charge in [0.05, 0.1) is 12.2 Å². The number of hydrogen-bond donors (Lipinski definition) is 0. The molecule has 0 amide bonds. The quantitative estimate of drug-likeness (QED) is 0.368. The van der Waals surface area contributed by atoms with Crippen molar-refractivity contribution in [1.29, 1.82) is 0 Å². The number of esters is 1. The molecule has 0 aliphatic heterocycles. The molecule has 0 saturated carbocycles. The third kappa shape index (κ3) is 8.59. The first-order valence-corrected chi connectivity index (χ1v) is 8.46. The highest BCUT2D eigenvalue weighted by Gasteiger charge is 2.09. The summed E-state index contributed by atoms with van der Waals surface area (Å²) in [6, 6.07) is 1.71. The second kappa shape index (κ2) is 11.4. The summed E-state index contributed by atoms with van der Waals surface area (Å²) in [4.78, 5) is 11.6. The fourth-order valence-corrected chi connectivity index (χ4v) is 2.39.